The summed E-state index contributed by atoms with van der Waals surface area (Å²) in [6.45, 7) is 0.142. The van der Waals surface area contributed by atoms with Crippen LogP contribution in [0.3, 0.4) is 0 Å². The van der Waals surface area contributed by atoms with E-state index in [4.69, 9.17) is 0 Å². The average molecular weight is 349 g/mol. The highest BCUT2D eigenvalue weighted by molar-refractivity contribution is 7.07. The number of hydrogen-bond donors (Lipinski definition) is 3. The molecule has 0 aliphatic carbocycles. The first-order chi connectivity index (χ1) is 11.5. The van der Waals surface area contributed by atoms with Crippen molar-refractivity contribution >= 4 is 34.5 Å². The number of thiophene rings is 1. The molecule has 1 atom stereocenters. The monoisotopic (exact) mass is 349 g/mol. The van der Waals surface area contributed by atoms with E-state index >= 15 is 0 Å². The molecular formula is C15H15N3O5S. The van der Waals surface area contributed by atoms with Crippen LogP contribution in [0.15, 0.2) is 41.1 Å². The molecule has 2 aromatic rings. The summed E-state index contributed by atoms with van der Waals surface area (Å²) in [5.74, 6) is -1.72. The number of benzene rings is 1. The minimum Gasteiger partial charge on any atom is -0.388 e. The number of hydrogen-bond acceptors (Lipinski definition) is 6. The zero-order valence-electron chi connectivity index (χ0n) is 12.5. The Labute approximate surface area is 141 Å². The van der Waals surface area contributed by atoms with Gasteiger partial charge in [-0.05, 0) is 40.9 Å². The average Bonchev–Trinajstić information content (AvgIpc) is 3.09. The number of rotatable bonds is 6. The van der Waals surface area contributed by atoms with Crippen molar-refractivity contribution < 1.29 is 19.6 Å². The summed E-state index contributed by atoms with van der Waals surface area (Å²) in [6.07, 6.45) is -0.415. The molecule has 0 saturated carbocycles. The second kappa shape index (κ2) is 8.18. The second-order valence-electron chi connectivity index (χ2n) is 4.88. The Hall–Kier alpha value is -2.78. The third-order valence-corrected chi connectivity index (χ3v) is 3.87. The van der Waals surface area contributed by atoms with Gasteiger partial charge >= 0.3 is 11.8 Å². The van der Waals surface area contributed by atoms with Crippen molar-refractivity contribution in [3.8, 4) is 0 Å². The Morgan fingerprint density at radius 2 is 1.92 bits per heavy atom. The fourth-order valence-electron chi connectivity index (χ4n) is 1.89. The van der Waals surface area contributed by atoms with Crippen molar-refractivity contribution in [3.05, 3.63) is 56.8 Å². The topological polar surface area (TPSA) is 122 Å². The molecule has 126 valence electrons. The molecule has 24 heavy (non-hydrogen) atoms. The van der Waals surface area contributed by atoms with E-state index in [1.165, 1.54) is 35.6 Å². The van der Waals surface area contributed by atoms with Crippen LogP contribution < -0.4 is 10.6 Å². The van der Waals surface area contributed by atoms with Crippen LogP contribution in [0.25, 0.3) is 0 Å². The molecule has 0 radical (unpaired) electrons. The molecule has 3 N–H and O–H groups in total. The lowest BCUT2D eigenvalue weighted by molar-refractivity contribution is -0.384. The quantitative estimate of drug-likeness (QED) is 0.417. The maximum atomic E-state index is 11.7. The molecule has 9 heteroatoms. The lowest BCUT2D eigenvalue weighted by atomic mass is 10.1. The van der Waals surface area contributed by atoms with Crippen LogP contribution in [0.1, 0.15) is 18.1 Å². The predicted octanol–water partition coefficient (Wildman–Crippen LogP) is 1.83. The van der Waals surface area contributed by atoms with E-state index < -0.39 is 22.8 Å². The number of nitro benzene ring substituents is 1. The summed E-state index contributed by atoms with van der Waals surface area (Å²) in [5.41, 5.74) is 0.934. The molecule has 2 rings (SSSR count). The molecular weight excluding hydrogens is 334 g/mol. The molecule has 0 aliphatic rings. The van der Waals surface area contributed by atoms with Gasteiger partial charge in [-0.25, -0.2) is 0 Å². The number of non-ortho nitro benzene ring substituents is 1. The van der Waals surface area contributed by atoms with Crippen molar-refractivity contribution in [2.45, 2.75) is 12.5 Å². The van der Waals surface area contributed by atoms with Gasteiger partial charge in [0.25, 0.3) is 5.69 Å². The third kappa shape index (κ3) is 4.86. The van der Waals surface area contributed by atoms with Crippen LogP contribution in [-0.2, 0) is 9.59 Å². The van der Waals surface area contributed by atoms with E-state index in [0.717, 1.165) is 5.56 Å². The van der Waals surface area contributed by atoms with Crippen LogP contribution in [0.4, 0.5) is 11.4 Å². The Kier molecular flexibility index (Phi) is 5.99. The van der Waals surface area contributed by atoms with Crippen LogP contribution in [-0.4, -0.2) is 28.4 Å². The Bertz CT molecular complexity index is 715. The molecule has 1 heterocycles. The molecule has 8 nitrogen and oxygen atoms in total. The summed E-state index contributed by atoms with van der Waals surface area (Å²) in [6, 6.07) is 6.92. The minimum atomic E-state index is -0.881. The van der Waals surface area contributed by atoms with Crippen molar-refractivity contribution in [3.63, 3.8) is 0 Å². The molecule has 0 fully saturated rings. The van der Waals surface area contributed by atoms with Crippen molar-refractivity contribution in [1.82, 2.24) is 5.32 Å². The van der Waals surface area contributed by atoms with Crippen LogP contribution in [0, 0.1) is 10.1 Å². The normalized spacial score (nSPS) is 11.5. The number of nitrogens with one attached hydrogen (secondary N) is 2. The SMILES string of the molecule is O=C(NCCC(O)c1ccsc1)C(=O)Nc1ccc([N+](=O)[O-])cc1. The molecule has 0 aliphatic heterocycles. The smallest absolute Gasteiger partial charge is 0.313 e. The molecule has 1 unspecified atom stereocenters. The molecule has 0 bridgehead atoms. The van der Waals surface area contributed by atoms with Crippen LogP contribution >= 0.6 is 11.3 Å². The lowest BCUT2D eigenvalue weighted by Crippen LogP contribution is -2.36. The summed E-state index contributed by atoms with van der Waals surface area (Å²) in [7, 11) is 0. The highest BCUT2D eigenvalue weighted by Gasteiger charge is 2.15. The van der Waals surface area contributed by atoms with Gasteiger partial charge in [-0.3, -0.25) is 19.7 Å². The van der Waals surface area contributed by atoms with E-state index in [1.807, 2.05) is 10.8 Å². The van der Waals surface area contributed by atoms with E-state index in [1.54, 1.807) is 6.07 Å². The van der Waals surface area contributed by atoms with Gasteiger partial charge in [-0.2, -0.15) is 11.3 Å². The van der Waals surface area contributed by atoms with Gasteiger partial charge in [-0.1, -0.05) is 0 Å². The summed E-state index contributed by atoms with van der Waals surface area (Å²) in [5, 5.41) is 28.8. The first-order valence-electron chi connectivity index (χ1n) is 7.01. The lowest BCUT2D eigenvalue weighted by Gasteiger charge is -2.10. The largest absolute Gasteiger partial charge is 0.388 e. The van der Waals surface area contributed by atoms with Gasteiger partial charge in [0.2, 0.25) is 0 Å². The van der Waals surface area contributed by atoms with Gasteiger partial charge in [0.15, 0.2) is 0 Å². The number of carbonyl (C=O) groups excluding carboxylic acids is 2. The molecule has 1 aromatic heterocycles. The van der Waals surface area contributed by atoms with E-state index in [0.29, 0.717) is 0 Å². The van der Waals surface area contributed by atoms with Crippen molar-refractivity contribution in [1.29, 1.82) is 0 Å². The van der Waals surface area contributed by atoms with Gasteiger partial charge in [0.1, 0.15) is 0 Å². The molecule has 0 saturated heterocycles. The Morgan fingerprint density at radius 1 is 1.21 bits per heavy atom. The summed E-state index contributed by atoms with van der Waals surface area (Å²) >= 11 is 1.46. The fourth-order valence-corrected chi connectivity index (χ4v) is 2.60. The number of carbonyl (C=O) groups is 2. The van der Waals surface area contributed by atoms with Gasteiger partial charge in [0, 0.05) is 24.4 Å². The highest BCUT2D eigenvalue weighted by atomic mass is 32.1. The van der Waals surface area contributed by atoms with E-state index in [9.17, 15) is 24.8 Å². The number of nitrogens with zero attached hydrogens (tertiary/aromatic N) is 1. The number of nitro groups is 1. The van der Waals surface area contributed by atoms with E-state index in [-0.39, 0.29) is 24.3 Å². The minimum absolute atomic E-state index is 0.111. The Morgan fingerprint density at radius 3 is 2.50 bits per heavy atom. The number of anilines is 1. The summed E-state index contributed by atoms with van der Waals surface area (Å²) in [4.78, 5) is 33.4. The van der Waals surface area contributed by atoms with Gasteiger partial charge in [0.05, 0.1) is 11.0 Å². The highest BCUT2D eigenvalue weighted by Crippen LogP contribution is 2.18. The predicted molar refractivity (Wildman–Crippen MR) is 88.6 cm³/mol. The molecule has 1 aromatic carbocycles. The second-order valence-corrected chi connectivity index (χ2v) is 5.66. The van der Waals surface area contributed by atoms with Crippen molar-refractivity contribution in [2.75, 3.05) is 11.9 Å². The zero-order valence-corrected chi connectivity index (χ0v) is 13.3. The molecule has 2 amide bonds. The Balaban J connectivity index is 1.77. The number of aliphatic hydroxyl groups excluding tert-OH is 1. The fraction of sp³-hybridized carbons (Fsp3) is 0.200. The standard InChI is InChI=1S/C15H15N3O5S/c19-13(10-6-8-24-9-10)5-7-16-14(20)15(21)17-11-1-3-12(4-2-11)18(22)23/h1-4,6,8-9,13,19H,5,7H2,(H,16,20)(H,17,21). The van der Waals surface area contributed by atoms with Crippen LogP contribution in [0.2, 0.25) is 0 Å². The van der Waals surface area contributed by atoms with Gasteiger partial charge in [-0.15, -0.1) is 0 Å². The molecule has 0 spiro atoms. The number of amides is 2. The van der Waals surface area contributed by atoms with Gasteiger partial charge < -0.3 is 15.7 Å². The maximum Gasteiger partial charge on any atom is 0.313 e. The number of aliphatic hydroxyl groups is 1. The van der Waals surface area contributed by atoms with Crippen LogP contribution in [0.5, 0.6) is 0 Å². The van der Waals surface area contributed by atoms with Crippen molar-refractivity contribution in [2.24, 2.45) is 0 Å². The zero-order chi connectivity index (χ0) is 17.5. The third-order valence-electron chi connectivity index (χ3n) is 3.17. The van der Waals surface area contributed by atoms with E-state index in [2.05, 4.69) is 10.6 Å². The maximum absolute atomic E-state index is 11.7. The summed E-state index contributed by atoms with van der Waals surface area (Å²) < 4.78 is 0. The first kappa shape index (κ1) is 17.6. The first-order valence-corrected chi connectivity index (χ1v) is 7.95.